The molecule has 2 aliphatic heterocycles. The fraction of sp³-hybridized carbons (Fsp3) is 0.529. The van der Waals surface area contributed by atoms with E-state index in [1.807, 2.05) is 26.4 Å². The van der Waals surface area contributed by atoms with Crippen molar-refractivity contribution in [1.82, 2.24) is 25.1 Å². The van der Waals surface area contributed by atoms with Crippen molar-refractivity contribution in [3.63, 3.8) is 0 Å². The summed E-state index contributed by atoms with van der Waals surface area (Å²) >= 11 is 0. The molecular weight excluding hydrogens is 318 g/mol. The Labute approximate surface area is 146 Å². The van der Waals surface area contributed by atoms with Crippen LogP contribution in [0.4, 0.5) is 17.5 Å². The maximum Gasteiger partial charge on any atom is 0.229 e. The molecule has 8 nitrogen and oxygen atoms in total. The first-order valence-electron chi connectivity index (χ1n) is 8.68. The summed E-state index contributed by atoms with van der Waals surface area (Å²) in [5, 5.41) is 10.3. The zero-order valence-electron chi connectivity index (χ0n) is 14.6. The van der Waals surface area contributed by atoms with Gasteiger partial charge < -0.3 is 15.5 Å². The van der Waals surface area contributed by atoms with Crippen molar-refractivity contribution in [2.75, 3.05) is 29.9 Å². The zero-order chi connectivity index (χ0) is 17.4. The van der Waals surface area contributed by atoms with Gasteiger partial charge in [0.15, 0.2) is 0 Å². The lowest BCUT2D eigenvalue weighted by molar-refractivity contribution is -0.128. The lowest BCUT2D eigenvalue weighted by Gasteiger charge is -2.38. The number of rotatable bonds is 3. The zero-order valence-corrected chi connectivity index (χ0v) is 14.6. The van der Waals surface area contributed by atoms with E-state index in [1.165, 1.54) is 0 Å². The summed E-state index contributed by atoms with van der Waals surface area (Å²) in [6.45, 7) is 4.52. The van der Waals surface area contributed by atoms with E-state index < -0.39 is 0 Å². The Morgan fingerprint density at radius 3 is 2.68 bits per heavy atom. The SMILES string of the molecule is Cc1cnc(Nc2cnn(C)c2)nc1N1CCC2(CCNC2=O)CC1. The molecule has 0 aromatic carbocycles. The monoisotopic (exact) mass is 341 g/mol. The number of nitrogens with one attached hydrogen (secondary N) is 2. The minimum absolute atomic E-state index is 0.159. The number of hydrogen-bond donors (Lipinski definition) is 2. The van der Waals surface area contributed by atoms with Crippen molar-refractivity contribution in [2.24, 2.45) is 12.5 Å². The lowest BCUT2D eigenvalue weighted by atomic mass is 9.77. The first-order chi connectivity index (χ1) is 12.1. The molecule has 2 N–H and O–H groups in total. The van der Waals surface area contributed by atoms with Crippen LogP contribution in [0.5, 0.6) is 0 Å². The molecular formula is C17H23N7O. The molecule has 1 amide bonds. The van der Waals surface area contributed by atoms with Gasteiger partial charge >= 0.3 is 0 Å². The summed E-state index contributed by atoms with van der Waals surface area (Å²) in [5.74, 6) is 1.73. The van der Waals surface area contributed by atoms with Gasteiger partial charge in [-0.2, -0.15) is 10.1 Å². The summed E-state index contributed by atoms with van der Waals surface area (Å²) in [5.41, 5.74) is 1.75. The van der Waals surface area contributed by atoms with Gasteiger partial charge in [0.2, 0.25) is 11.9 Å². The summed E-state index contributed by atoms with van der Waals surface area (Å²) < 4.78 is 1.73. The Balaban J connectivity index is 1.50. The maximum absolute atomic E-state index is 12.1. The number of nitrogens with zero attached hydrogens (tertiary/aromatic N) is 5. The molecule has 0 radical (unpaired) electrons. The number of carbonyl (C=O) groups excluding carboxylic acids is 1. The van der Waals surface area contributed by atoms with Crippen LogP contribution in [0, 0.1) is 12.3 Å². The van der Waals surface area contributed by atoms with E-state index in [2.05, 4.69) is 25.6 Å². The molecule has 1 spiro atoms. The molecule has 2 aliphatic rings. The second-order valence-corrected chi connectivity index (χ2v) is 7.00. The highest BCUT2D eigenvalue weighted by Gasteiger charge is 2.44. The Morgan fingerprint density at radius 1 is 1.24 bits per heavy atom. The molecule has 8 heteroatoms. The van der Waals surface area contributed by atoms with Gasteiger partial charge in [0.05, 0.1) is 17.3 Å². The summed E-state index contributed by atoms with van der Waals surface area (Å²) in [7, 11) is 1.87. The largest absolute Gasteiger partial charge is 0.356 e. The normalized spacial score (nSPS) is 19.3. The van der Waals surface area contributed by atoms with Gasteiger partial charge in [-0.3, -0.25) is 9.48 Å². The van der Waals surface area contributed by atoms with Crippen LogP contribution in [0.15, 0.2) is 18.6 Å². The van der Waals surface area contributed by atoms with Crippen molar-refractivity contribution in [3.05, 3.63) is 24.2 Å². The molecule has 0 bridgehead atoms. The van der Waals surface area contributed by atoms with Gasteiger partial charge in [0.25, 0.3) is 0 Å². The van der Waals surface area contributed by atoms with Crippen molar-refractivity contribution in [3.8, 4) is 0 Å². The summed E-state index contributed by atoms with van der Waals surface area (Å²) in [6, 6.07) is 0. The van der Waals surface area contributed by atoms with Gasteiger partial charge in [-0.15, -0.1) is 0 Å². The van der Waals surface area contributed by atoms with Crippen molar-refractivity contribution < 1.29 is 4.79 Å². The van der Waals surface area contributed by atoms with Crippen LogP contribution in [0.1, 0.15) is 24.8 Å². The molecule has 0 unspecified atom stereocenters. The van der Waals surface area contributed by atoms with E-state index in [1.54, 1.807) is 10.9 Å². The average Bonchev–Trinajstić information content (AvgIpc) is 3.17. The van der Waals surface area contributed by atoms with E-state index >= 15 is 0 Å². The Bertz CT molecular complexity index is 792. The molecule has 4 rings (SSSR count). The molecule has 0 atom stereocenters. The van der Waals surface area contributed by atoms with Gasteiger partial charge in [0, 0.05) is 44.6 Å². The Morgan fingerprint density at radius 2 is 2.04 bits per heavy atom. The van der Waals surface area contributed by atoms with Crippen LogP contribution in [0.3, 0.4) is 0 Å². The third-order valence-electron chi connectivity index (χ3n) is 5.30. The van der Waals surface area contributed by atoms with Crippen molar-refractivity contribution in [1.29, 1.82) is 0 Å². The number of anilines is 3. The number of hydrogen-bond acceptors (Lipinski definition) is 6. The molecule has 0 saturated carbocycles. The number of carbonyl (C=O) groups is 1. The fourth-order valence-electron chi connectivity index (χ4n) is 3.77. The molecule has 25 heavy (non-hydrogen) atoms. The van der Waals surface area contributed by atoms with Gasteiger partial charge in [-0.05, 0) is 26.2 Å². The van der Waals surface area contributed by atoms with Gasteiger partial charge in [-0.1, -0.05) is 0 Å². The van der Waals surface area contributed by atoms with Crippen LogP contribution < -0.4 is 15.5 Å². The van der Waals surface area contributed by atoms with Crippen LogP contribution in [-0.2, 0) is 11.8 Å². The number of aromatic nitrogens is 4. The van der Waals surface area contributed by atoms with E-state index in [-0.39, 0.29) is 11.3 Å². The van der Waals surface area contributed by atoms with Gasteiger partial charge in [0.1, 0.15) is 5.82 Å². The first kappa shape index (κ1) is 15.9. The minimum atomic E-state index is -0.159. The van der Waals surface area contributed by atoms with Crippen molar-refractivity contribution in [2.45, 2.75) is 26.2 Å². The molecule has 2 fully saturated rings. The number of amides is 1. The third kappa shape index (κ3) is 2.92. The summed E-state index contributed by atoms with van der Waals surface area (Å²) in [4.78, 5) is 23.5. The van der Waals surface area contributed by atoms with Gasteiger partial charge in [-0.25, -0.2) is 4.98 Å². The molecule has 2 aromatic heterocycles. The van der Waals surface area contributed by atoms with E-state index in [0.717, 1.165) is 56.0 Å². The second-order valence-electron chi connectivity index (χ2n) is 7.00. The minimum Gasteiger partial charge on any atom is -0.356 e. The molecule has 132 valence electrons. The molecule has 0 aliphatic carbocycles. The molecule has 2 saturated heterocycles. The lowest BCUT2D eigenvalue weighted by Crippen LogP contribution is -2.44. The second kappa shape index (κ2) is 6.02. The fourth-order valence-corrected chi connectivity index (χ4v) is 3.77. The predicted molar refractivity (Wildman–Crippen MR) is 94.8 cm³/mol. The van der Waals surface area contributed by atoms with E-state index in [4.69, 9.17) is 4.98 Å². The average molecular weight is 341 g/mol. The van der Waals surface area contributed by atoms with Crippen LogP contribution in [0.25, 0.3) is 0 Å². The van der Waals surface area contributed by atoms with Crippen molar-refractivity contribution >= 4 is 23.4 Å². The quantitative estimate of drug-likeness (QED) is 0.877. The molecule has 4 heterocycles. The van der Waals surface area contributed by atoms with Crippen LogP contribution >= 0.6 is 0 Å². The topological polar surface area (TPSA) is 88.0 Å². The standard InChI is InChI=1S/C17H23N7O/c1-12-9-19-16(21-13-10-20-23(2)11-13)22-14(12)24-7-4-17(5-8-24)3-6-18-15(17)25/h9-11H,3-8H2,1-2H3,(H,18,25)(H,19,21,22). The van der Waals surface area contributed by atoms with E-state index in [9.17, 15) is 4.79 Å². The third-order valence-corrected chi connectivity index (χ3v) is 5.30. The first-order valence-corrected chi connectivity index (χ1v) is 8.68. The van der Waals surface area contributed by atoms with Crippen LogP contribution in [0.2, 0.25) is 0 Å². The van der Waals surface area contributed by atoms with Crippen LogP contribution in [-0.4, -0.2) is 45.3 Å². The number of piperidine rings is 1. The Hall–Kier alpha value is -2.64. The molecule has 2 aromatic rings. The van der Waals surface area contributed by atoms with E-state index in [0.29, 0.717) is 5.95 Å². The predicted octanol–water partition coefficient (Wildman–Crippen LogP) is 1.37. The highest BCUT2D eigenvalue weighted by atomic mass is 16.2. The highest BCUT2D eigenvalue weighted by molar-refractivity contribution is 5.85. The number of aryl methyl sites for hydroxylation is 2. The smallest absolute Gasteiger partial charge is 0.229 e. The maximum atomic E-state index is 12.1. The highest BCUT2D eigenvalue weighted by Crippen LogP contribution is 2.39. The summed E-state index contributed by atoms with van der Waals surface area (Å²) in [6.07, 6.45) is 8.18. The Kier molecular flexibility index (Phi) is 3.82.